The molecule has 0 fully saturated rings. The Morgan fingerprint density at radius 3 is 2.06 bits per heavy atom. The van der Waals surface area contributed by atoms with E-state index < -0.39 is 11.7 Å². The Morgan fingerprint density at radius 2 is 1.59 bits per heavy atom. The molecule has 1 N–H and O–H groups in total. The highest BCUT2D eigenvalue weighted by Gasteiger charge is 2.19. The zero-order chi connectivity index (χ0) is 13.0. The molecule has 0 radical (unpaired) electrons. The predicted molar refractivity (Wildman–Crippen MR) is 68.0 cm³/mol. The topological polar surface area (TPSA) is 46.2 Å². The van der Waals surface area contributed by atoms with Gasteiger partial charge in [0.05, 0.1) is 0 Å². The Hall–Kier alpha value is -1.64. The first-order valence-electron chi connectivity index (χ1n) is 5.83. The minimum Gasteiger partial charge on any atom is -0.346 e. The molecule has 0 aromatic heterocycles. The lowest BCUT2D eigenvalue weighted by Gasteiger charge is -2.16. The highest BCUT2D eigenvalue weighted by Crippen LogP contribution is 2.05. The van der Waals surface area contributed by atoms with E-state index in [0.717, 1.165) is 5.56 Å². The third-order valence-electron chi connectivity index (χ3n) is 2.88. The Kier molecular flexibility index (Phi) is 4.44. The van der Waals surface area contributed by atoms with E-state index in [1.165, 1.54) is 0 Å². The second kappa shape index (κ2) is 5.62. The Labute approximate surface area is 102 Å². The van der Waals surface area contributed by atoms with E-state index in [-0.39, 0.29) is 6.04 Å². The van der Waals surface area contributed by atoms with Crippen molar-refractivity contribution >= 4 is 11.7 Å². The molecule has 1 aromatic rings. The number of Topliss-reactive ketones (excluding diaryl/α,β-unsaturated/α-hetero) is 1. The maximum atomic E-state index is 11.8. The molecule has 3 heteroatoms. The van der Waals surface area contributed by atoms with Crippen molar-refractivity contribution in [2.45, 2.75) is 33.7 Å². The first-order chi connectivity index (χ1) is 7.91. The van der Waals surface area contributed by atoms with E-state index in [1.807, 2.05) is 39.8 Å². The van der Waals surface area contributed by atoms with E-state index >= 15 is 0 Å². The van der Waals surface area contributed by atoms with E-state index in [2.05, 4.69) is 5.32 Å². The van der Waals surface area contributed by atoms with Crippen LogP contribution < -0.4 is 5.32 Å². The Balaban J connectivity index is 2.70. The summed E-state index contributed by atoms with van der Waals surface area (Å²) in [6.45, 7) is 7.84. The number of rotatable bonds is 4. The minimum absolute atomic E-state index is 0.00287. The molecule has 0 saturated heterocycles. The van der Waals surface area contributed by atoms with Crippen molar-refractivity contribution in [1.82, 2.24) is 5.32 Å². The van der Waals surface area contributed by atoms with Crippen LogP contribution in [0.5, 0.6) is 0 Å². The van der Waals surface area contributed by atoms with Crippen LogP contribution >= 0.6 is 0 Å². The molecule has 17 heavy (non-hydrogen) atoms. The van der Waals surface area contributed by atoms with Crippen molar-refractivity contribution in [2.75, 3.05) is 0 Å². The molecule has 0 saturated carbocycles. The van der Waals surface area contributed by atoms with Crippen LogP contribution in [0.15, 0.2) is 24.3 Å². The van der Waals surface area contributed by atoms with Crippen LogP contribution in [-0.2, 0) is 4.79 Å². The van der Waals surface area contributed by atoms with Crippen molar-refractivity contribution in [2.24, 2.45) is 5.92 Å². The largest absolute Gasteiger partial charge is 0.346 e. The molecule has 0 aliphatic rings. The molecule has 1 amide bonds. The fourth-order valence-electron chi connectivity index (χ4n) is 1.28. The standard InChI is InChI=1S/C14H19NO2/c1-9(2)11(4)15-14(17)13(16)12-7-5-10(3)6-8-12/h5-9,11H,1-4H3,(H,15,17). The monoisotopic (exact) mass is 233 g/mol. The van der Waals surface area contributed by atoms with Crippen LogP contribution in [0.3, 0.4) is 0 Å². The number of hydrogen-bond donors (Lipinski definition) is 1. The highest BCUT2D eigenvalue weighted by molar-refractivity contribution is 6.42. The van der Waals surface area contributed by atoms with Gasteiger partial charge < -0.3 is 5.32 Å². The van der Waals surface area contributed by atoms with Crippen molar-refractivity contribution in [3.63, 3.8) is 0 Å². The van der Waals surface area contributed by atoms with Gasteiger partial charge in [-0.05, 0) is 19.8 Å². The van der Waals surface area contributed by atoms with E-state index in [9.17, 15) is 9.59 Å². The lowest BCUT2D eigenvalue weighted by atomic mass is 10.0. The summed E-state index contributed by atoms with van der Waals surface area (Å²) in [6.07, 6.45) is 0. The van der Waals surface area contributed by atoms with Gasteiger partial charge in [-0.1, -0.05) is 43.7 Å². The van der Waals surface area contributed by atoms with Gasteiger partial charge in [0.15, 0.2) is 0 Å². The summed E-state index contributed by atoms with van der Waals surface area (Å²) < 4.78 is 0. The molecular formula is C14H19NO2. The molecule has 0 aliphatic carbocycles. The molecular weight excluding hydrogens is 214 g/mol. The maximum Gasteiger partial charge on any atom is 0.292 e. The Morgan fingerprint density at radius 1 is 1.06 bits per heavy atom. The molecule has 1 unspecified atom stereocenters. The third-order valence-corrected chi connectivity index (χ3v) is 2.88. The smallest absolute Gasteiger partial charge is 0.292 e. The number of carbonyl (C=O) groups excluding carboxylic acids is 2. The average molecular weight is 233 g/mol. The summed E-state index contributed by atoms with van der Waals surface area (Å²) in [5, 5.41) is 2.70. The molecule has 3 nitrogen and oxygen atoms in total. The number of carbonyl (C=O) groups is 2. The molecule has 92 valence electrons. The number of nitrogens with one attached hydrogen (secondary N) is 1. The van der Waals surface area contributed by atoms with Gasteiger partial charge in [-0.15, -0.1) is 0 Å². The number of amides is 1. The van der Waals surface area contributed by atoms with Gasteiger partial charge in [0, 0.05) is 11.6 Å². The minimum atomic E-state index is -0.532. The van der Waals surface area contributed by atoms with E-state index in [0.29, 0.717) is 11.5 Å². The predicted octanol–water partition coefficient (Wildman–Crippen LogP) is 2.34. The summed E-state index contributed by atoms with van der Waals surface area (Å²) in [4.78, 5) is 23.5. The third kappa shape index (κ3) is 3.70. The number of benzene rings is 1. The molecule has 0 bridgehead atoms. The second-order valence-corrected chi connectivity index (χ2v) is 4.70. The molecule has 0 spiro atoms. The van der Waals surface area contributed by atoms with Crippen LogP contribution in [0, 0.1) is 12.8 Å². The van der Waals surface area contributed by atoms with Crippen molar-refractivity contribution in [1.29, 1.82) is 0 Å². The number of aryl methyl sites for hydroxylation is 1. The lowest BCUT2D eigenvalue weighted by molar-refractivity contribution is -0.117. The van der Waals surface area contributed by atoms with Crippen LogP contribution in [0.1, 0.15) is 36.7 Å². The number of hydrogen-bond acceptors (Lipinski definition) is 2. The normalized spacial score (nSPS) is 12.3. The van der Waals surface area contributed by atoms with Gasteiger partial charge in [-0.25, -0.2) is 0 Å². The number of ketones is 1. The van der Waals surface area contributed by atoms with Crippen LogP contribution in [-0.4, -0.2) is 17.7 Å². The summed E-state index contributed by atoms with van der Waals surface area (Å²) in [5.41, 5.74) is 1.50. The second-order valence-electron chi connectivity index (χ2n) is 4.70. The SMILES string of the molecule is Cc1ccc(C(=O)C(=O)NC(C)C(C)C)cc1. The van der Waals surface area contributed by atoms with Crippen LogP contribution in [0.2, 0.25) is 0 Å². The summed E-state index contributed by atoms with van der Waals surface area (Å²) in [6, 6.07) is 7.00. The van der Waals surface area contributed by atoms with Gasteiger partial charge in [-0.3, -0.25) is 9.59 Å². The fraction of sp³-hybridized carbons (Fsp3) is 0.429. The first kappa shape index (κ1) is 13.4. The average Bonchev–Trinajstić information content (AvgIpc) is 2.28. The van der Waals surface area contributed by atoms with E-state index in [1.54, 1.807) is 12.1 Å². The Bertz CT molecular complexity index is 407. The van der Waals surface area contributed by atoms with Crippen molar-refractivity contribution < 1.29 is 9.59 Å². The molecule has 1 atom stereocenters. The lowest BCUT2D eigenvalue weighted by Crippen LogP contribution is -2.40. The first-order valence-corrected chi connectivity index (χ1v) is 5.83. The fourth-order valence-corrected chi connectivity index (χ4v) is 1.28. The zero-order valence-corrected chi connectivity index (χ0v) is 10.8. The molecule has 0 heterocycles. The van der Waals surface area contributed by atoms with Gasteiger partial charge >= 0.3 is 0 Å². The summed E-state index contributed by atoms with van der Waals surface area (Å²) in [5.74, 6) is -0.697. The molecule has 1 rings (SSSR count). The summed E-state index contributed by atoms with van der Waals surface area (Å²) in [7, 11) is 0. The molecule has 0 aliphatic heterocycles. The van der Waals surface area contributed by atoms with Crippen molar-refractivity contribution in [3.8, 4) is 0 Å². The van der Waals surface area contributed by atoms with Gasteiger partial charge in [-0.2, -0.15) is 0 Å². The summed E-state index contributed by atoms with van der Waals surface area (Å²) >= 11 is 0. The highest BCUT2D eigenvalue weighted by atomic mass is 16.2. The van der Waals surface area contributed by atoms with Gasteiger partial charge in [0.2, 0.25) is 5.78 Å². The van der Waals surface area contributed by atoms with Crippen molar-refractivity contribution in [3.05, 3.63) is 35.4 Å². The van der Waals surface area contributed by atoms with Gasteiger partial charge in [0.1, 0.15) is 0 Å². The quantitative estimate of drug-likeness (QED) is 0.641. The van der Waals surface area contributed by atoms with Gasteiger partial charge in [0.25, 0.3) is 5.91 Å². The maximum absolute atomic E-state index is 11.8. The van der Waals surface area contributed by atoms with E-state index in [4.69, 9.17) is 0 Å². The van der Waals surface area contributed by atoms with Crippen LogP contribution in [0.25, 0.3) is 0 Å². The van der Waals surface area contributed by atoms with Crippen LogP contribution in [0.4, 0.5) is 0 Å². The molecule has 1 aromatic carbocycles. The zero-order valence-electron chi connectivity index (χ0n) is 10.8.